The molecule has 1 aliphatic heterocycles. The number of rotatable bonds is 3. The van der Waals surface area contributed by atoms with Gasteiger partial charge in [0.05, 0.1) is 12.0 Å². The van der Waals surface area contributed by atoms with Crippen molar-refractivity contribution in [2.75, 3.05) is 7.11 Å². The van der Waals surface area contributed by atoms with E-state index in [0.29, 0.717) is 0 Å². The Labute approximate surface area is 89.9 Å². The number of hydrogen-bond donors (Lipinski definition) is 0. The molecule has 0 radical (unpaired) electrons. The highest BCUT2D eigenvalue weighted by atomic mass is 16.8. The van der Waals surface area contributed by atoms with Gasteiger partial charge in [0.1, 0.15) is 0 Å². The van der Waals surface area contributed by atoms with Crippen molar-refractivity contribution in [3.63, 3.8) is 0 Å². The second kappa shape index (κ2) is 4.27. The normalized spacial score (nSPS) is 27.5. The van der Waals surface area contributed by atoms with Gasteiger partial charge in [0.15, 0.2) is 0 Å². The number of carbonyl (C=O) groups is 2. The van der Waals surface area contributed by atoms with E-state index < -0.39 is 28.9 Å². The first-order valence-corrected chi connectivity index (χ1v) is 4.20. The van der Waals surface area contributed by atoms with E-state index in [9.17, 15) is 19.7 Å². The Morgan fingerprint density at radius 1 is 1.56 bits per heavy atom. The van der Waals surface area contributed by atoms with Crippen LogP contribution >= 0.6 is 0 Å². The van der Waals surface area contributed by atoms with Gasteiger partial charge >= 0.3 is 24.0 Å². The van der Waals surface area contributed by atoms with Crippen LogP contribution in [0, 0.1) is 10.1 Å². The van der Waals surface area contributed by atoms with Crippen molar-refractivity contribution in [2.24, 2.45) is 0 Å². The van der Waals surface area contributed by atoms with Crippen molar-refractivity contribution < 1.29 is 28.7 Å². The highest BCUT2D eigenvalue weighted by Gasteiger charge is 2.51. The van der Waals surface area contributed by atoms with Crippen LogP contribution in [0.3, 0.4) is 0 Å². The first kappa shape index (κ1) is 12.1. The van der Waals surface area contributed by atoms with Crippen LogP contribution in [-0.4, -0.2) is 36.0 Å². The smallest absolute Gasteiger partial charge is 0.384 e. The first-order chi connectivity index (χ1) is 7.41. The molecule has 0 bridgehead atoms. The molecule has 0 aromatic carbocycles. The lowest BCUT2D eigenvalue weighted by Gasteiger charge is -2.22. The Morgan fingerprint density at radius 2 is 2.19 bits per heavy atom. The number of esters is 2. The molecule has 1 aliphatic rings. The van der Waals surface area contributed by atoms with Crippen LogP contribution in [-0.2, 0) is 23.8 Å². The number of methoxy groups -OCH3 is 1. The van der Waals surface area contributed by atoms with Gasteiger partial charge in [-0.1, -0.05) is 0 Å². The second-order valence-electron chi connectivity index (χ2n) is 2.91. The number of nitrogens with zero attached hydrogens (tertiary/aromatic N) is 1. The average molecular weight is 231 g/mol. The van der Waals surface area contributed by atoms with Crippen LogP contribution < -0.4 is 0 Å². The topological polar surface area (TPSA) is 105 Å². The van der Waals surface area contributed by atoms with Crippen LogP contribution in [0.25, 0.3) is 0 Å². The van der Waals surface area contributed by atoms with Gasteiger partial charge in [-0.3, -0.25) is 19.6 Å². The molecule has 1 rings (SSSR count). The Bertz CT molecular complexity index is 363. The summed E-state index contributed by atoms with van der Waals surface area (Å²) in [6.45, 7) is 1.04. The fourth-order valence-corrected chi connectivity index (χ4v) is 1.15. The third kappa shape index (κ3) is 2.16. The van der Waals surface area contributed by atoms with E-state index >= 15 is 0 Å². The molecule has 8 heteroatoms. The first-order valence-electron chi connectivity index (χ1n) is 4.20. The van der Waals surface area contributed by atoms with Crippen LogP contribution in [0.5, 0.6) is 0 Å². The lowest BCUT2D eigenvalue weighted by molar-refractivity contribution is -0.568. The summed E-state index contributed by atoms with van der Waals surface area (Å²) < 4.78 is 13.7. The maximum Gasteiger partial charge on any atom is 0.384 e. The minimum Gasteiger partial charge on any atom is -0.464 e. The number of hydrogen-bond acceptors (Lipinski definition) is 7. The Hall–Kier alpha value is -1.96. The van der Waals surface area contributed by atoms with Crippen molar-refractivity contribution in [3.8, 4) is 0 Å². The molecule has 0 aromatic rings. The second-order valence-corrected chi connectivity index (χ2v) is 2.91. The lowest BCUT2D eigenvalue weighted by Crippen LogP contribution is -2.44. The van der Waals surface area contributed by atoms with Crippen molar-refractivity contribution >= 4 is 11.9 Å². The number of nitro groups is 1. The zero-order valence-electron chi connectivity index (χ0n) is 8.54. The van der Waals surface area contributed by atoms with Crippen LogP contribution in [0.2, 0.25) is 0 Å². The maximum atomic E-state index is 11.3. The monoisotopic (exact) mass is 231 g/mol. The van der Waals surface area contributed by atoms with E-state index in [0.717, 1.165) is 26.2 Å². The van der Waals surface area contributed by atoms with Gasteiger partial charge in [0, 0.05) is 19.1 Å². The summed E-state index contributed by atoms with van der Waals surface area (Å²) in [5, 5.41) is 10.4. The Kier molecular flexibility index (Phi) is 3.23. The molecule has 0 fully saturated rings. The van der Waals surface area contributed by atoms with Gasteiger partial charge in [-0.25, -0.2) is 4.79 Å². The minimum atomic E-state index is -2.15. The molecule has 88 valence electrons. The van der Waals surface area contributed by atoms with E-state index in [-0.39, 0.29) is 0 Å². The molecule has 1 heterocycles. The van der Waals surface area contributed by atoms with E-state index in [4.69, 9.17) is 4.74 Å². The van der Waals surface area contributed by atoms with E-state index in [1.165, 1.54) is 0 Å². The van der Waals surface area contributed by atoms with E-state index in [1.807, 2.05) is 0 Å². The zero-order valence-corrected chi connectivity index (χ0v) is 8.54. The summed E-state index contributed by atoms with van der Waals surface area (Å²) in [5.41, 5.74) is 0. The van der Waals surface area contributed by atoms with Gasteiger partial charge in [0.2, 0.25) is 0 Å². The number of carbonyl (C=O) groups excluding carboxylic acids is 2. The minimum absolute atomic E-state index is 0.773. The standard InChI is InChI=1S/C8H9NO7/c1-5(10)15-8(7(11)14-2)4-3-6(16-8)9(12)13/h3-4,6H,1-2H3/t6-,8+/m1/s1. The van der Waals surface area contributed by atoms with E-state index in [2.05, 4.69) is 9.47 Å². The van der Waals surface area contributed by atoms with Gasteiger partial charge < -0.3 is 9.47 Å². The van der Waals surface area contributed by atoms with Gasteiger partial charge in [-0.15, -0.1) is 0 Å². The molecule has 0 saturated carbocycles. The summed E-state index contributed by atoms with van der Waals surface area (Å²) in [6.07, 6.45) is 0.437. The SMILES string of the molecule is COC(=O)[C@]1(OC(C)=O)C=C[C@H]([N+](=O)[O-])O1. The molecule has 8 nitrogen and oxygen atoms in total. The Morgan fingerprint density at radius 3 is 2.56 bits per heavy atom. The van der Waals surface area contributed by atoms with E-state index in [1.54, 1.807) is 0 Å². The zero-order chi connectivity index (χ0) is 12.3. The maximum absolute atomic E-state index is 11.3. The van der Waals surface area contributed by atoms with Crippen molar-refractivity contribution in [3.05, 3.63) is 22.3 Å². The molecule has 0 N–H and O–H groups in total. The molecule has 0 aromatic heterocycles. The molecule has 2 atom stereocenters. The highest BCUT2D eigenvalue weighted by Crippen LogP contribution is 2.26. The third-order valence-electron chi connectivity index (χ3n) is 1.75. The highest BCUT2D eigenvalue weighted by molar-refractivity contribution is 5.84. The molecule has 16 heavy (non-hydrogen) atoms. The van der Waals surface area contributed by atoms with Gasteiger partial charge in [-0.05, 0) is 0 Å². The summed E-state index contributed by atoms with van der Waals surface area (Å²) in [7, 11) is 1.05. The Balaban J connectivity index is 2.93. The molecule has 0 amide bonds. The van der Waals surface area contributed by atoms with Gasteiger partial charge in [-0.2, -0.15) is 0 Å². The molecular weight excluding hydrogens is 222 g/mol. The van der Waals surface area contributed by atoms with Crippen molar-refractivity contribution in [2.45, 2.75) is 18.9 Å². The summed E-state index contributed by atoms with van der Waals surface area (Å²) in [6, 6.07) is 0. The van der Waals surface area contributed by atoms with Crippen molar-refractivity contribution in [1.29, 1.82) is 0 Å². The largest absolute Gasteiger partial charge is 0.464 e. The summed E-state index contributed by atoms with van der Waals surface area (Å²) in [4.78, 5) is 31.8. The molecule has 0 saturated heterocycles. The lowest BCUT2D eigenvalue weighted by atomic mass is 10.3. The summed E-state index contributed by atoms with van der Waals surface area (Å²) >= 11 is 0. The van der Waals surface area contributed by atoms with Crippen molar-refractivity contribution in [1.82, 2.24) is 0 Å². The molecular formula is C8H9NO7. The molecule has 0 unspecified atom stereocenters. The van der Waals surface area contributed by atoms with Crippen LogP contribution in [0.4, 0.5) is 0 Å². The van der Waals surface area contributed by atoms with Gasteiger partial charge in [0.25, 0.3) is 0 Å². The predicted octanol–water partition coefficient (Wildman–Crippen LogP) is -0.392. The number of ether oxygens (including phenoxy) is 3. The fraction of sp³-hybridized carbons (Fsp3) is 0.500. The molecule has 0 spiro atoms. The molecule has 0 aliphatic carbocycles. The van der Waals surface area contributed by atoms with Crippen LogP contribution in [0.1, 0.15) is 6.92 Å². The quantitative estimate of drug-likeness (QED) is 0.282. The summed E-state index contributed by atoms with van der Waals surface area (Å²) in [5.74, 6) is -4.01. The fourth-order valence-electron chi connectivity index (χ4n) is 1.15. The third-order valence-corrected chi connectivity index (χ3v) is 1.75. The van der Waals surface area contributed by atoms with Crippen LogP contribution in [0.15, 0.2) is 12.2 Å². The average Bonchev–Trinajstić information content (AvgIpc) is 2.61. The predicted molar refractivity (Wildman–Crippen MR) is 47.5 cm³/mol.